The van der Waals surface area contributed by atoms with Crippen LogP contribution < -0.4 is 17.0 Å². The number of hydrazine groups is 1. The maximum Gasteiger partial charge on any atom is 0.407 e. The maximum absolute atomic E-state index is 11.1. The Kier molecular flexibility index (Phi) is 10.3. The third kappa shape index (κ3) is 9.73. The van der Waals surface area contributed by atoms with Crippen LogP contribution in [0.4, 0.5) is 4.79 Å². The molecule has 1 fully saturated rings. The van der Waals surface area contributed by atoms with Crippen LogP contribution in [0.1, 0.15) is 53.9 Å². The lowest BCUT2D eigenvalue weighted by atomic mass is 9.93. The van der Waals surface area contributed by atoms with Gasteiger partial charge in [-0.05, 0) is 40.0 Å². The number of rotatable bonds is 1. The van der Waals surface area contributed by atoms with Crippen molar-refractivity contribution in [2.45, 2.75) is 65.5 Å². The van der Waals surface area contributed by atoms with Crippen LogP contribution in [0.3, 0.4) is 0 Å². The number of nitrogens with one attached hydrogen (secondary N) is 1. The average molecular weight is 233 g/mol. The van der Waals surface area contributed by atoms with E-state index in [4.69, 9.17) is 4.74 Å². The number of carbonyl (C=O) groups is 1. The molecule has 0 aromatic heterocycles. The van der Waals surface area contributed by atoms with Crippen molar-refractivity contribution in [2.75, 3.05) is 0 Å². The zero-order valence-corrected chi connectivity index (χ0v) is 11.2. The van der Waals surface area contributed by atoms with Gasteiger partial charge in [-0.2, -0.15) is 0 Å². The molecule has 5 nitrogen and oxygen atoms in total. The first-order valence-corrected chi connectivity index (χ1v) is 5.80. The van der Waals surface area contributed by atoms with Crippen LogP contribution in [0.2, 0.25) is 0 Å². The van der Waals surface area contributed by atoms with Crippen LogP contribution in [0.15, 0.2) is 0 Å². The average Bonchev–Trinajstić information content (AvgIpc) is 2.15. The number of nitrogens with two attached hydrogens (primary N) is 2. The zero-order chi connectivity index (χ0) is 13.2. The second-order valence-corrected chi connectivity index (χ2v) is 4.27. The standard InChI is InChI=1S/C9H17NO2.C2H6.H4N2/c1-9(2,3)12-8(11)10-7-5-4-6-7;2*1-2/h7H,4-6H2,1-3H3,(H,10,11);1-2H3;1-2H2. The summed E-state index contributed by atoms with van der Waals surface area (Å²) in [5.74, 6) is 8.00. The Morgan fingerprint density at radius 2 is 1.69 bits per heavy atom. The van der Waals surface area contributed by atoms with E-state index in [2.05, 4.69) is 17.0 Å². The second-order valence-electron chi connectivity index (χ2n) is 4.27. The van der Waals surface area contributed by atoms with E-state index in [1.807, 2.05) is 34.6 Å². The highest BCUT2D eigenvalue weighted by Gasteiger charge is 2.22. The topological polar surface area (TPSA) is 90.4 Å². The minimum atomic E-state index is -0.381. The van der Waals surface area contributed by atoms with Crippen LogP contribution >= 0.6 is 0 Å². The van der Waals surface area contributed by atoms with Crippen molar-refractivity contribution in [1.82, 2.24) is 5.32 Å². The van der Waals surface area contributed by atoms with Gasteiger partial charge < -0.3 is 10.1 Å². The van der Waals surface area contributed by atoms with Gasteiger partial charge in [0.1, 0.15) is 5.60 Å². The van der Waals surface area contributed by atoms with E-state index in [0.717, 1.165) is 12.8 Å². The van der Waals surface area contributed by atoms with Gasteiger partial charge in [-0.15, -0.1) is 0 Å². The SMILES string of the molecule is CC.CC(C)(C)OC(=O)NC1CCC1.NN. The fourth-order valence-electron chi connectivity index (χ4n) is 1.03. The smallest absolute Gasteiger partial charge is 0.407 e. The number of amides is 1. The normalized spacial score (nSPS) is 14.4. The molecule has 0 atom stereocenters. The summed E-state index contributed by atoms with van der Waals surface area (Å²) in [6, 6.07) is 0.361. The largest absolute Gasteiger partial charge is 0.444 e. The van der Waals surface area contributed by atoms with Gasteiger partial charge in [-0.3, -0.25) is 11.7 Å². The summed E-state index contributed by atoms with van der Waals surface area (Å²) in [5.41, 5.74) is -0.381. The lowest BCUT2D eigenvalue weighted by Gasteiger charge is -2.28. The highest BCUT2D eigenvalue weighted by Crippen LogP contribution is 2.18. The van der Waals surface area contributed by atoms with Crippen molar-refractivity contribution in [3.63, 3.8) is 0 Å². The van der Waals surface area contributed by atoms with Gasteiger partial charge >= 0.3 is 6.09 Å². The minimum Gasteiger partial charge on any atom is -0.444 e. The van der Waals surface area contributed by atoms with Crippen molar-refractivity contribution >= 4 is 6.09 Å². The summed E-state index contributed by atoms with van der Waals surface area (Å²) in [7, 11) is 0. The molecule has 98 valence electrons. The predicted octanol–water partition coefficient (Wildman–Crippen LogP) is 1.91. The summed E-state index contributed by atoms with van der Waals surface area (Å²) in [6.07, 6.45) is 3.13. The highest BCUT2D eigenvalue weighted by molar-refractivity contribution is 5.68. The first-order valence-electron chi connectivity index (χ1n) is 5.80. The number of carbonyl (C=O) groups excluding carboxylic acids is 1. The number of hydrogen-bond donors (Lipinski definition) is 3. The van der Waals surface area contributed by atoms with Gasteiger partial charge in [0, 0.05) is 6.04 Å². The Morgan fingerprint density at radius 1 is 1.25 bits per heavy atom. The van der Waals surface area contributed by atoms with E-state index in [9.17, 15) is 4.79 Å². The molecule has 0 aromatic carbocycles. The molecule has 1 aliphatic rings. The molecule has 0 aliphatic heterocycles. The van der Waals surface area contributed by atoms with Crippen LogP contribution in [0, 0.1) is 0 Å². The molecular weight excluding hydrogens is 206 g/mol. The van der Waals surface area contributed by atoms with E-state index in [0.29, 0.717) is 6.04 Å². The van der Waals surface area contributed by atoms with Gasteiger partial charge in [0.2, 0.25) is 0 Å². The Balaban J connectivity index is 0. The van der Waals surface area contributed by atoms with Crippen molar-refractivity contribution in [2.24, 2.45) is 11.7 Å². The van der Waals surface area contributed by atoms with Gasteiger partial charge in [0.25, 0.3) is 0 Å². The van der Waals surface area contributed by atoms with Crippen LogP contribution in [0.5, 0.6) is 0 Å². The number of ether oxygens (including phenoxy) is 1. The van der Waals surface area contributed by atoms with Gasteiger partial charge in [-0.25, -0.2) is 4.79 Å². The summed E-state index contributed by atoms with van der Waals surface area (Å²) >= 11 is 0. The second kappa shape index (κ2) is 9.42. The number of hydrogen-bond acceptors (Lipinski definition) is 4. The lowest BCUT2D eigenvalue weighted by molar-refractivity contribution is 0.0480. The molecule has 0 spiro atoms. The maximum atomic E-state index is 11.1. The van der Waals surface area contributed by atoms with Gasteiger partial charge in [0.05, 0.1) is 0 Å². The third-order valence-electron chi connectivity index (χ3n) is 1.83. The predicted molar refractivity (Wildman–Crippen MR) is 66.7 cm³/mol. The molecular formula is C11H27N3O2. The van der Waals surface area contributed by atoms with E-state index in [1.54, 1.807) is 0 Å². The molecule has 1 amide bonds. The number of alkyl carbamates (subject to hydrolysis) is 1. The van der Waals surface area contributed by atoms with E-state index < -0.39 is 0 Å². The van der Waals surface area contributed by atoms with Crippen molar-refractivity contribution in [1.29, 1.82) is 0 Å². The lowest BCUT2D eigenvalue weighted by Crippen LogP contribution is -2.42. The van der Waals surface area contributed by atoms with Crippen LogP contribution in [-0.2, 0) is 4.74 Å². The molecule has 1 rings (SSSR count). The highest BCUT2D eigenvalue weighted by atomic mass is 16.6. The van der Waals surface area contributed by atoms with Crippen molar-refractivity contribution in [3.8, 4) is 0 Å². The molecule has 0 saturated heterocycles. The fraction of sp³-hybridized carbons (Fsp3) is 0.909. The molecule has 0 heterocycles. The molecule has 0 unspecified atom stereocenters. The van der Waals surface area contributed by atoms with Crippen molar-refractivity contribution < 1.29 is 9.53 Å². The summed E-state index contributed by atoms with van der Waals surface area (Å²) in [4.78, 5) is 11.1. The summed E-state index contributed by atoms with van der Waals surface area (Å²) in [6.45, 7) is 9.61. The Hall–Kier alpha value is -0.810. The summed E-state index contributed by atoms with van der Waals surface area (Å²) < 4.78 is 5.09. The zero-order valence-electron chi connectivity index (χ0n) is 11.2. The van der Waals surface area contributed by atoms with E-state index in [1.165, 1.54) is 6.42 Å². The molecule has 5 heteroatoms. The quantitative estimate of drug-likeness (QED) is 0.476. The van der Waals surface area contributed by atoms with E-state index >= 15 is 0 Å². The molecule has 5 N–H and O–H groups in total. The molecule has 0 aromatic rings. The van der Waals surface area contributed by atoms with Crippen molar-refractivity contribution in [3.05, 3.63) is 0 Å². The Bertz CT molecular complexity index is 175. The molecule has 16 heavy (non-hydrogen) atoms. The fourth-order valence-corrected chi connectivity index (χ4v) is 1.03. The monoisotopic (exact) mass is 233 g/mol. The molecule has 0 bridgehead atoms. The molecule has 1 aliphatic carbocycles. The first kappa shape index (κ1) is 17.6. The first-order chi connectivity index (χ1) is 7.47. The third-order valence-corrected chi connectivity index (χ3v) is 1.83. The molecule has 1 saturated carbocycles. The summed E-state index contributed by atoms with van der Waals surface area (Å²) in [5, 5.41) is 2.81. The Morgan fingerprint density at radius 3 is 1.94 bits per heavy atom. The van der Waals surface area contributed by atoms with Gasteiger partial charge in [-0.1, -0.05) is 13.8 Å². The van der Waals surface area contributed by atoms with Crippen LogP contribution in [-0.4, -0.2) is 17.7 Å². The van der Waals surface area contributed by atoms with Crippen LogP contribution in [0.25, 0.3) is 0 Å². The minimum absolute atomic E-state index is 0.285. The van der Waals surface area contributed by atoms with E-state index in [-0.39, 0.29) is 11.7 Å². The van der Waals surface area contributed by atoms with Gasteiger partial charge in [0.15, 0.2) is 0 Å². The Labute approximate surface area is 98.9 Å². The molecule has 0 radical (unpaired) electrons.